The van der Waals surface area contributed by atoms with Gasteiger partial charge in [0.1, 0.15) is 0 Å². The summed E-state index contributed by atoms with van der Waals surface area (Å²) in [5.41, 5.74) is 0. The number of hydrogen-bond donors (Lipinski definition) is 1. The maximum Gasteiger partial charge on any atom is 0.265 e. The van der Waals surface area contributed by atoms with Gasteiger partial charge in [-0.05, 0) is 19.3 Å². The van der Waals surface area contributed by atoms with Gasteiger partial charge in [-0.25, -0.2) is 0 Å². The van der Waals surface area contributed by atoms with E-state index in [0.29, 0.717) is 6.42 Å². The topological polar surface area (TPSA) is 54.4 Å². The zero-order valence-corrected chi connectivity index (χ0v) is 8.89. The van der Waals surface area contributed by atoms with Crippen LogP contribution in [0.15, 0.2) is 12.2 Å². The van der Waals surface area contributed by atoms with Gasteiger partial charge < -0.3 is 0 Å². The van der Waals surface area contributed by atoms with E-state index in [9.17, 15) is 8.42 Å². The predicted molar refractivity (Wildman–Crippen MR) is 54.3 cm³/mol. The highest BCUT2D eigenvalue weighted by Crippen LogP contribution is 2.00. The van der Waals surface area contributed by atoms with E-state index in [2.05, 4.69) is 6.92 Å². The highest BCUT2D eigenvalue weighted by Gasteiger charge is 1.99. The molecule has 0 saturated heterocycles. The zero-order chi connectivity index (χ0) is 10.2. The summed E-state index contributed by atoms with van der Waals surface area (Å²) in [5.74, 6) is -0.169. The maximum absolute atomic E-state index is 10.3. The van der Waals surface area contributed by atoms with Gasteiger partial charge in [0.25, 0.3) is 10.1 Å². The average molecular weight is 206 g/mol. The van der Waals surface area contributed by atoms with Gasteiger partial charge in [0.05, 0.1) is 5.75 Å². The van der Waals surface area contributed by atoms with Crippen LogP contribution in [-0.2, 0) is 10.1 Å². The van der Waals surface area contributed by atoms with Gasteiger partial charge in [-0.15, -0.1) is 0 Å². The van der Waals surface area contributed by atoms with Crippen molar-refractivity contribution in [2.24, 2.45) is 0 Å². The Labute approximate surface area is 80.6 Å². The van der Waals surface area contributed by atoms with Crippen molar-refractivity contribution in [1.29, 1.82) is 0 Å². The van der Waals surface area contributed by atoms with Gasteiger partial charge in [-0.1, -0.05) is 31.9 Å². The molecule has 4 heteroatoms. The second kappa shape index (κ2) is 7.09. The van der Waals surface area contributed by atoms with Crippen LogP contribution >= 0.6 is 0 Å². The number of allylic oxidation sites excluding steroid dienone is 2. The number of rotatable bonds is 7. The van der Waals surface area contributed by atoms with E-state index in [0.717, 1.165) is 12.8 Å². The normalized spacial score (nSPS) is 12.5. The number of unbranched alkanes of at least 4 members (excludes halogenated alkanes) is 3. The second-order valence-corrected chi connectivity index (χ2v) is 4.61. The third-order valence-electron chi connectivity index (χ3n) is 1.68. The summed E-state index contributed by atoms with van der Waals surface area (Å²) in [6.45, 7) is 2.14. The molecule has 0 aliphatic heterocycles. The van der Waals surface area contributed by atoms with Crippen molar-refractivity contribution in [3.8, 4) is 0 Å². The molecule has 0 aliphatic carbocycles. The highest BCUT2D eigenvalue weighted by molar-refractivity contribution is 7.85. The van der Waals surface area contributed by atoms with Crippen LogP contribution in [0.25, 0.3) is 0 Å². The lowest BCUT2D eigenvalue weighted by Crippen LogP contribution is -2.01. The van der Waals surface area contributed by atoms with Crippen molar-refractivity contribution in [3.63, 3.8) is 0 Å². The maximum atomic E-state index is 10.3. The molecule has 3 nitrogen and oxygen atoms in total. The number of hydrogen-bond acceptors (Lipinski definition) is 2. The quantitative estimate of drug-likeness (QED) is 0.395. The molecule has 0 bridgehead atoms. The fourth-order valence-corrected chi connectivity index (χ4v) is 1.40. The molecule has 13 heavy (non-hydrogen) atoms. The molecule has 0 aliphatic rings. The highest BCUT2D eigenvalue weighted by atomic mass is 32.2. The molecule has 0 heterocycles. The molecule has 0 radical (unpaired) electrons. The van der Waals surface area contributed by atoms with Crippen LogP contribution < -0.4 is 0 Å². The molecule has 0 fully saturated rings. The Morgan fingerprint density at radius 2 is 1.77 bits per heavy atom. The summed E-state index contributed by atoms with van der Waals surface area (Å²) in [7, 11) is -3.77. The first kappa shape index (κ1) is 12.7. The van der Waals surface area contributed by atoms with Crippen LogP contribution in [0.5, 0.6) is 0 Å². The van der Waals surface area contributed by atoms with Crippen molar-refractivity contribution in [2.45, 2.75) is 39.0 Å². The van der Waals surface area contributed by atoms with Crippen LogP contribution in [0, 0.1) is 0 Å². The molecule has 0 unspecified atom stereocenters. The molecule has 0 spiro atoms. The molecule has 0 aromatic rings. The smallest absolute Gasteiger partial charge is 0.265 e. The minimum atomic E-state index is -3.77. The van der Waals surface area contributed by atoms with Crippen molar-refractivity contribution in [1.82, 2.24) is 0 Å². The minimum absolute atomic E-state index is 0.169. The summed E-state index contributed by atoms with van der Waals surface area (Å²) in [4.78, 5) is 0. The standard InChI is InChI=1S/C9H18O3S/c1-2-3-4-5-6-7-8-9-13(10,11)12/h6-7H,2-5,8-9H2,1H3,(H,10,11,12). The van der Waals surface area contributed by atoms with Crippen LogP contribution in [0.2, 0.25) is 0 Å². The van der Waals surface area contributed by atoms with Crippen molar-refractivity contribution in [3.05, 3.63) is 12.2 Å². The summed E-state index contributed by atoms with van der Waals surface area (Å²) in [6.07, 6.45) is 8.74. The van der Waals surface area contributed by atoms with Crippen molar-refractivity contribution in [2.75, 3.05) is 5.75 Å². The molecule has 1 N–H and O–H groups in total. The van der Waals surface area contributed by atoms with E-state index >= 15 is 0 Å². The van der Waals surface area contributed by atoms with Crippen LogP contribution in [0.4, 0.5) is 0 Å². The first-order valence-corrected chi connectivity index (χ1v) is 6.27. The third kappa shape index (κ3) is 11.7. The molecular formula is C9H18O3S. The van der Waals surface area contributed by atoms with Gasteiger partial charge in [0, 0.05) is 0 Å². The predicted octanol–water partition coefficient (Wildman–Crippen LogP) is 2.40. The lowest BCUT2D eigenvalue weighted by atomic mass is 10.2. The molecule has 0 atom stereocenters. The zero-order valence-electron chi connectivity index (χ0n) is 8.07. The molecule has 78 valence electrons. The second-order valence-electron chi connectivity index (χ2n) is 3.04. The molecular weight excluding hydrogens is 188 g/mol. The first-order valence-electron chi connectivity index (χ1n) is 4.66. The first-order chi connectivity index (χ1) is 6.06. The fraction of sp³-hybridized carbons (Fsp3) is 0.778. The Bertz CT molecular complexity index is 229. The fourth-order valence-electron chi connectivity index (χ4n) is 0.965. The van der Waals surface area contributed by atoms with Gasteiger partial charge in [-0.3, -0.25) is 4.55 Å². The van der Waals surface area contributed by atoms with Crippen molar-refractivity contribution >= 4 is 10.1 Å². The van der Waals surface area contributed by atoms with E-state index in [-0.39, 0.29) is 5.75 Å². The van der Waals surface area contributed by atoms with Gasteiger partial charge in [0.2, 0.25) is 0 Å². The SMILES string of the molecule is CCCCCC=CCCS(=O)(=O)O. The Morgan fingerprint density at radius 3 is 2.31 bits per heavy atom. The summed E-state index contributed by atoms with van der Waals surface area (Å²) < 4.78 is 29.0. The minimum Gasteiger partial charge on any atom is -0.286 e. The lowest BCUT2D eigenvalue weighted by molar-refractivity contribution is 0.483. The Hall–Kier alpha value is -0.350. The monoisotopic (exact) mass is 206 g/mol. The Balaban J connectivity index is 3.32. The van der Waals surface area contributed by atoms with Crippen molar-refractivity contribution < 1.29 is 13.0 Å². The van der Waals surface area contributed by atoms with E-state index in [4.69, 9.17) is 4.55 Å². The van der Waals surface area contributed by atoms with E-state index in [1.54, 1.807) is 0 Å². The van der Waals surface area contributed by atoms with E-state index in [1.807, 2.05) is 12.2 Å². The van der Waals surface area contributed by atoms with Gasteiger partial charge in [-0.2, -0.15) is 8.42 Å². The van der Waals surface area contributed by atoms with Crippen LogP contribution in [0.3, 0.4) is 0 Å². The molecule has 0 aromatic carbocycles. The van der Waals surface area contributed by atoms with E-state index in [1.165, 1.54) is 12.8 Å². The molecule has 0 amide bonds. The lowest BCUT2D eigenvalue weighted by Gasteiger charge is -1.92. The molecule has 0 aromatic heterocycles. The molecule has 0 saturated carbocycles. The Morgan fingerprint density at radius 1 is 1.15 bits per heavy atom. The van der Waals surface area contributed by atoms with Gasteiger partial charge >= 0.3 is 0 Å². The van der Waals surface area contributed by atoms with Crippen LogP contribution in [-0.4, -0.2) is 18.7 Å². The average Bonchev–Trinajstić information content (AvgIpc) is 2.01. The largest absolute Gasteiger partial charge is 0.286 e. The Kier molecular flexibility index (Phi) is 6.90. The van der Waals surface area contributed by atoms with Gasteiger partial charge in [0.15, 0.2) is 0 Å². The van der Waals surface area contributed by atoms with Crippen LogP contribution in [0.1, 0.15) is 39.0 Å². The summed E-state index contributed by atoms with van der Waals surface area (Å²) in [6, 6.07) is 0. The third-order valence-corrected chi connectivity index (χ3v) is 2.44. The van der Waals surface area contributed by atoms with E-state index < -0.39 is 10.1 Å². The summed E-state index contributed by atoms with van der Waals surface area (Å²) in [5, 5.41) is 0. The summed E-state index contributed by atoms with van der Waals surface area (Å²) >= 11 is 0. The molecule has 0 rings (SSSR count).